The first kappa shape index (κ1) is 19.9. The summed E-state index contributed by atoms with van der Waals surface area (Å²) in [5.74, 6) is -0.837. The number of nitrogens with zero attached hydrogens (tertiary/aromatic N) is 1. The van der Waals surface area contributed by atoms with Crippen LogP contribution in [0.4, 0.5) is 14.5 Å². The number of rotatable bonds is 6. The van der Waals surface area contributed by atoms with Crippen LogP contribution in [0.15, 0.2) is 42.0 Å². The largest absolute Gasteiger partial charge is 0.493 e. The molecule has 5 nitrogen and oxygen atoms in total. The molecule has 0 aliphatic carbocycles. The van der Waals surface area contributed by atoms with Crippen LogP contribution in [0.25, 0.3) is 6.08 Å². The van der Waals surface area contributed by atoms with Crippen molar-refractivity contribution in [3.8, 4) is 17.6 Å². The van der Waals surface area contributed by atoms with Gasteiger partial charge < -0.3 is 14.8 Å². The van der Waals surface area contributed by atoms with Gasteiger partial charge in [-0.05, 0) is 43.2 Å². The molecule has 0 heterocycles. The molecule has 1 N–H and O–H groups in total. The lowest BCUT2D eigenvalue weighted by Crippen LogP contribution is -2.14. The van der Waals surface area contributed by atoms with E-state index in [1.54, 1.807) is 24.3 Å². The molecule has 2 aromatic rings. The fourth-order valence-electron chi connectivity index (χ4n) is 2.40. The number of benzene rings is 2. The van der Waals surface area contributed by atoms with Crippen LogP contribution in [0.1, 0.15) is 16.7 Å². The number of hydrogen-bond acceptors (Lipinski definition) is 4. The van der Waals surface area contributed by atoms with Crippen LogP contribution in [-0.2, 0) is 4.79 Å². The van der Waals surface area contributed by atoms with E-state index in [0.29, 0.717) is 5.69 Å². The summed E-state index contributed by atoms with van der Waals surface area (Å²) in [7, 11) is 1.31. The molecule has 0 aliphatic heterocycles. The maximum atomic E-state index is 12.7. The zero-order chi connectivity index (χ0) is 20.0. The highest BCUT2D eigenvalue weighted by atomic mass is 19.3. The quantitative estimate of drug-likeness (QED) is 0.600. The highest BCUT2D eigenvalue weighted by Crippen LogP contribution is 2.34. The topological polar surface area (TPSA) is 71.3 Å². The van der Waals surface area contributed by atoms with Crippen molar-refractivity contribution in [1.82, 2.24) is 0 Å². The van der Waals surface area contributed by atoms with Crippen LogP contribution in [0.5, 0.6) is 11.5 Å². The fraction of sp³-hybridized carbons (Fsp3) is 0.200. The molecule has 2 rings (SSSR count). The molecule has 0 saturated heterocycles. The molecule has 7 heteroatoms. The minimum Gasteiger partial charge on any atom is -0.493 e. The summed E-state index contributed by atoms with van der Waals surface area (Å²) >= 11 is 0. The van der Waals surface area contributed by atoms with E-state index in [4.69, 9.17) is 4.74 Å². The van der Waals surface area contributed by atoms with Crippen LogP contribution in [0.2, 0.25) is 0 Å². The smallest absolute Gasteiger partial charge is 0.387 e. The van der Waals surface area contributed by atoms with E-state index < -0.39 is 12.5 Å². The Morgan fingerprint density at radius 2 is 1.93 bits per heavy atom. The lowest BCUT2D eigenvalue weighted by atomic mass is 10.1. The third-order valence-corrected chi connectivity index (χ3v) is 3.95. The second-order valence-corrected chi connectivity index (χ2v) is 5.63. The molecule has 0 aromatic heterocycles. The summed E-state index contributed by atoms with van der Waals surface area (Å²) in [6.45, 7) is 0.663. The van der Waals surface area contributed by atoms with E-state index in [1.165, 1.54) is 25.3 Å². The Bertz CT molecular complexity index is 918. The van der Waals surface area contributed by atoms with E-state index in [9.17, 15) is 18.8 Å². The molecular formula is C20H18F2N2O3. The Balaban J connectivity index is 2.39. The first-order valence-electron chi connectivity index (χ1n) is 7.98. The zero-order valence-corrected chi connectivity index (χ0v) is 15.0. The molecule has 0 aliphatic rings. The van der Waals surface area contributed by atoms with Gasteiger partial charge in [-0.25, -0.2) is 0 Å². The molecule has 2 aromatic carbocycles. The van der Waals surface area contributed by atoms with Gasteiger partial charge in [-0.2, -0.15) is 14.0 Å². The van der Waals surface area contributed by atoms with Gasteiger partial charge in [0.2, 0.25) is 0 Å². The van der Waals surface area contributed by atoms with Gasteiger partial charge in [0.25, 0.3) is 5.91 Å². The summed E-state index contributed by atoms with van der Waals surface area (Å²) in [6, 6.07) is 11.6. The number of nitrogens with one attached hydrogen (secondary N) is 1. The third-order valence-electron chi connectivity index (χ3n) is 3.95. The molecule has 0 atom stereocenters. The third kappa shape index (κ3) is 4.82. The van der Waals surface area contributed by atoms with Crippen molar-refractivity contribution < 1.29 is 23.0 Å². The number of carbonyl (C=O) groups is 1. The van der Waals surface area contributed by atoms with Crippen molar-refractivity contribution in [2.75, 3.05) is 12.4 Å². The summed E-state index contributed by atoms with van der Waals surface area (Å²) < 4.78 is 35.0. The fourth-order valence-corrected chi connectivity index (χ4v) is 2.40. The predicted molar refractivity (Wildman–Crippen MR) is 97.8 cm³/mol. The Morgan fingerprint density at radius 3 is 2.56 bits per heavy atom. The highest BCUT2D eigenvalue weighted by Gasteiger charge is 2.17. The van der Waals surface area contributed by atoms with Gasteiger partial charge in [-0.15, -0.1) is 0 Å². The van der Waals surface area contributed by atoms with Crippen molar-refractivity contribution >= 4 is 17.7 Å². The number of alkyl halides is 2. The van der Waals surface area contributed by atoms with Crippen LogP contribution in [0, 0.1) is 25.2 Å². The van der Waals surface area contributed by atoms with Gasteiger partial charge in [0.05, 0.1) is 7.11 Å². The standard InChI is InChI=1S/C20H18F2N2O3/c1-12-6-4-8-16(13(12)2)24-19(25)15(11-23)10-14-7-5-9-17(26-3)18(14)27-20(21)22/h4-10,20H,1-3H3,(H,24,25)/b15-10+. The van der Waals surface area contributed by atoms with Gasteiger partial charge in [0, 0.05) is 11.3 Å². The lowest BCUT2D eigenvalue weighted by molar-refractivity contribution is -0.112. The van der Waals surface area contributed by atoms with Crippen LogP contribution < -0.4 is 14.8 Å². The number of aryl methyl sites for hydroxylation is 1. The van der Waals surface area contributed by atoms with Gasteiger partial charge >= 0.3 is 6.61 Å². The van der Waals surface area contributed by atoms with Crippen molar-refractivity contribution in [3.63, 3.8) is 0 Å². The van der Waals surface area contributed by atoms with E-state index in [2.05, 4.69) is 10.1 Å². The molecule has 0 spiro atoms. The minimum atomic E-state index is -3.08. The highest BCUT2D eigenvalue weighted by molar-refractivity contribution is 6.10. The van der Waals surface area contributed by atoms with Crippen LogP contribution in [-0.4, -0.2) is 19.6 Å². The van der Waals surface area contributed by atoms with Crippen molar-refractivity contribution in [2.45, 2.75) is 20.5 Å². The van der Waals surface area contributed by atoms with Crippen molar-refractivity contribution in [3.05, 3.63) is 58.7 Å². The Labute approximate surface area is 155 Å². The summed E-state index contributed by atoms with van der Waals surface area (Å²) in [5.41, 5.74) is 2.28. The second-order valence-electron chi connectivity index (χ2n) is 5.63. The first-order valence-corrected chi connectivity index (χ1v) is 7.98. The lowest BCUT2D eigenvalue weighted by Gasteiger charge is -2.13. The minimum absolute atomic E-state index is 0.0660. The molecule has 0 unspecified atom stereocenters. The Hall–Kier alpha value is -3.40. The van der Waals surface area contributed by atoms with E-state index in [1.807, 2.05) is 19.9 Å². The average molecular weight is 372 g/mol. The van der Waals surface area contributed by atoms with Crippen molar-refractivity contribution in [1.29, 1.82) is 5.26 Å². The average Bonchev–Trinajstić information content (AvgIpc) is 2.63. The number of ether oxygens (including phenoxy) is 2. The van der Waals surface area contributed by atoms with Crippen molar-refractivity contribution in [2.24, 2.45) is 0 Å². The molecule has 140 valence electrons. The van der Waals surface area contributed by atoms with E-state index in [0.717, 1.165) is 11.1 Å². The Kier molecular flexibility index (Phi) is 6.50. The maximum Gasteiger partial charge on any atom is 0.387 e. The molecule has 0 saturated carbocycles. The number of anilines is 1. The molecule has 27 heavy (non-hydrogen) atoms. The van der Waals surface area contributed by atoms with Gasteiger partial charge in [0.1, 0.15) is 11.6 Å². The number of para-hydroxylation sites is 1. The SMILES string of the molecule is COc1cccc(/C=C(\C#N)C(=O)Nc2cccc(C)c2C)c1OC(F)F. The molecule has 0 radical (unpaired) electrons. The van der Waals surface area contributed by atoms with Gasteiger partial charge in [-0.1, -0.05) is 24.3 Å². The molecule has 1 amide bonds. The Morgan fingerprint density at radius 1 is 1.22 bits per heavy atom. The molecule has 0 fully saturated rings. The number of methoxy groups -OCH3 is 1. The molecule has 0 bridgehead atoms. The van der Waals surface area contributed by atoms with E-state index >= 15 is 0 Å². The number of halogens is 2. The van der Waals surface area contributed by atoms with Crippen LogP contribution >= 0.6 is 0 Å². The predicted octanol–water partition coefficient (Wildman–Crippen LogP) is 4.46. The first-order chi connectivity index (χ1) is 12.9. The van der Waals surface area contributed by atoms with E-state index in [-0.39, 0.29) is 22.6 Å². The number of carbonyl (C=O) groups excluding carboxylic acids is 1. The summed E-state index contributed by atoms with van der Waals surface area (Å²) in [4.78, 5) is 12.5. The number of hydrogen-bond donors (Lipinski definition) is 1. The number of nitriles is 1. The zero-order valence-electron chi connectivity index (χ0n) is 15.0. The number of amides is 1. The second kappa shape index (κ2) is 8.81. The van der Waals surface area contributed by atoms with Gasteiger partial charge in [-0.3, -0.25) is 4.79 Å². The normalized spacial score (nSPS) is 11.1. The summed E-state index contributed by atoms with van der Waals surface area (Å²) in [6.07, 6.45) is 1.18. The summed E-state index contributed by atoms with van der Waals surface area (Å²) in [5, 5.41) is 12.0. The monoisotopic (exact) mass is 372 g/mol. The van der Waals surface area contributed by atoms with Crippen LogP contribution in [0.3, 0.4) is 0 Å². The molecular weight excluding hydrogens is 354 g/mol. The van der Waals surface area contributed by atoms with Gasteiger partial charge in [0.15, 0.2) is 11.5 Å². The maximum absolute atomic E-state index is 12.7.